The Labute approximate surface area is 123 Å². The molecule has 0 spiro atoms. The fourth-order valence-corrected chi connectivity index (χ4v) is 3.04. The molecule has 0 bridgehead atoms. The highest BCUT2D eigenvalue weighted by molar-refractivity contribution is 6.30. The molecule has 1 aliphatic carbocycles. The summed E-state index contributed by atoms with van der Waals surface area (Å²) in [4.78, 5) is 12.3. The standard InChI is InChI=1S/C14H17Cl2NO2/c1-19-13-7-10(16)5-6-11(13)14(18)17-12-4-2-3-9(12)8-15/h5-7,9,12H,2-4,8H2,1H3,(H,17,18). The fourth-order valence-electron chi connectivity index (χ4n) is 2.51. The molecule has 19 heavy (non-hydrogen) atoms. The van der Waals surface area contributed by atoms with Gasteiger partial charge in [-0.3, -0.25) is 4.79 Å². The number of benzene rings is 1. The largest absolute Gasteiger partial charge is 0.496 e. The first-order valence-corrected chi connectivity index (χ1v) is 7.27. The molecule has 2 atom stereocenters. The highest BCUT2D eigenvalue weighted by Gasteiger charge is 2.28. The number of methoxy groups -OCH3 is 1. The molecule has 0 aliphatic heterocycles. The Bertz CT molecular complexity index is 465. The summed E-state index contributed by atoms with van der Waals surface area (Å²) in [5, 5.41) is 3.59. The Hall–Kier alpha value is -0.930. The van der Waals surface area contributed by atoms with E-state index in [1.807, 2.05) is 0 Å². The fraction of sp³-hybridized carbons (Fsp3) is 0.500. The lowest BCUT2D eigenvalue weighted by atomic mass is 10.1. The summed E-state index contributed by atoms with van der Waals surface area (Å²) in [6.07, 6.45) is 3.17. The maximum Gasteiger partial charge on any atom is 0.255 e. The van der Waals surface area contributed by atoms with E-state index in [9.17, 15) is 4.79 Å². The first-order valence-electron chi connectivity index (χ1n) is 6.36. The van der Waals surface area contributed by atoms with Gasteiger partial charge in [-0.05, 0) is 37.0 Å². The first kappa shape index (κ1) is 14.5. The molecule has 0 heterocycles. The predicted octanol–water partition coefficient (Wildman–Crippen LogP) is 3.49. The number of carbonyl (C=O) groups is 1. The summed E-state index contributed by atoms with van der Waals surface area (Å²) < 4.78 is 5.19. The molecule has 1 aliphatic rings. The normalized spacial score (nSPS) is 22.3. The third-order valence-electron chi connectivity index (χ3n) is 3.58. The van der Waals surface area contributed by atoms with Gasteiger partial charge in [0.25, 0.3) is 5.91 Å². The SMILES string of the molecule is COc1cc(Cl)ccc1C(=O)NC1CCCC1CCl. The molecule has 1 aromatic rings. The Morgan fingerprint density at radius 2 is 2.26 bits per heavy atom. The minimum absolute atomic E-state index is 0.129. The van der Waals surface area contributed by atoms with Crippen LogP contribution in [0.3, 0.4) is 0 Å². The zero-order valence-corrected chi connectivity index (χ0v) is 12.3. The van der Waals surface area contributed by atoms with Crippen molar-refractivity contribution in [3.05, 3.63) is 28.8 Å². The molecule has 3 nitrogen and oxygen atoms in total. The van der Waals surface area contributed by atoms with Gasteiger partial charge in [-0.15, -0.1) is 11.6 Å². The molecule has 0 aromatic heterocycles. The second-order valence-corrected chi connectivity index (χ2v) is 5.51. The van der Waals surface area contributed by atoms with Gasteiger partial charge in [-0.1, -0.05) is 18.0 Å². The number of nitrogens with one attached hydrogen (secondary N) is 1. The van der Waals surface area contributed by atoms with E-state index in [-0.39, 0.29) is 11.9 Å². The number of carbonyl (C=O) groups excluding carboxylic acids is 1. The van der Waals surface area contributed by atoms with E-state index < -0.39 is 0 Å². The van der Waals surface area contributed by atoms with Gasteiger partial charge in [0, 0.05) is 16.9 Å². The molecule has 0 radical (unpaired) electrons. The smallest absolute Gasteiger partial charge is 0.255 e. The molecular formula is C14H17Cl2NO2. The number of alkyl halides is 1. The van der Waals surface area contributed by atoms with Crippen molar-refractivity contribution in [2.75, 3.05) is 13.0 Å². The molecule has 1 amide bonds. The molecule has 2 rings (SSSR count). The van der Waals surface area contributed by atoms with Crippen LogP contribution in [0.2, 0.25) is 5.02 Å². The quantitative estimate of drug-likeness (QED) is 0.865. The van der Waals surface area contributed by atoms with Gasteiger partial charge < -0.3 is 10.1 Å². The summed E-state index contributed by atoms with van der Waals surface area (Å²) in [7, 11) is 1.53. The Balaban J connectivity index is 2.11. The van der Waals surface area contributed by atoms with E-state index in [4.69, 9.17) is 27.9 Å². The number of hydrogen-bond donors (Lipinski definition) is 1. The molecule has 104 valence electrons. The Morgan fingerprint density at radius 3 is 2.95 bits per heavy atom. The minimum atomic E-state index is -0.129. The molecule has 1 saturated carbocycles. The highest BCUT2D eigenvalue weighted by Crippen LogP contribution is 2.28. The number of hydrogen-bond acceptors (Lipinski definition) is 2. The van der Waals surface area contributed by atoms with Crippen molar-refractivity contribution >= 4 is 29.1 Å². The van der Waals surface area contributed by atoms with Crippen molar-refractivity contribution < 1.29 is 9.53 Å². The summed E-state index contributed by atoms with van der Waals surface area (Å²) in [5.74, 6) is 1.31. The predicted molar refractivity (Wildman–Crippen MR) is 77.3 cm³/mol. The molecular weight excluding hydrogens is 285 g/mol. The summed E-state index contributed by atoms with van der Waals surface area (Å²) >= 11 is 11.8. The number of amides is 1. The van der Waals surface area contributed by atoms with Crippen molar-refractivity contribution in [1.82, 2.24) is 5.32 Å². The average molecular weight is 302 g/mol. The maximum atomic E-state index is 12.3. The minimum Gasteiger partial charge on any atom is -0.496 e. The monoisotopic (exact) mass is 301 g/mol. The van der Waals surface area contributed by atoms with Crippen LogP contribution in [0.15, 0.2) is 18.2 Å². The lowest BCUT2D eigenvalue weighted by molar-refractivity contribution is 0.0927. The van der Waals surface area contributed by atoms with Gasteiger partial charge in [0.05, 0.1) is 12.7 Å². The van der Waals surface area contributed by atoms with Gasteiger partial charge in [-0.2, -0.15) is 0 Å². The molecule has 5 heteroatoms. The van der Waals surface area contributed by atoms with Crippen molar-refractivity contribution in [1.29, 1.82) is 0 Å². The highest BCUT2D eigenvalue weighted by atomic mass is 35.5. The number of ether oxygens (including phenoxy) is 1. The van der Waals surface area contributed by atoms with Crippen LogP contribution in [0.5, 0.6) is 5.75 Å². The van der Waals surface area contributed by atoms with Crippen LogP contribution in [0.25, 0.3) is 0 Å². The van der Waals surface area contributed by atoms with Gasteiger partial charge in [0.2, 0.25) is 0 Å². The average Bonchev–Trinajstić information content (AvgIpc) is 2.85. The van der Waals surface area contributed by atoms with Crippen molar-refractivity contribution in [2.45, 2.75) is 25.3 Å². The third-order valence-corrected chi connectivity index (χ3v) is 4.21. The third kappa shape index (κ3) is 3.34. The zero-order valence-electron chi connectivity index (χ0n) is 10.8. The van der Waals surface area contributed by atoms with Gasteiger partial charge >= 0.3 is 0 Å². The summed E-state index contributed by atoms with van der Waals surface area (Å²) in [6.45, 7) is 0. The van der Waals surface area contributed by atoms with Gasteiger partial charge in [0.15, 0.2) is 0 Å². The molecule has 1 aromatic carbocycles. The van der Waals surface area contributed by atoms with E-state index >= 15 is 0 Å². The second kappa shape index (κ2) is 6.49. The van der Waals surface area contributed by atoms with Gasteiger partial charge in [0.1, 0.15) is 5.75 Å². The maximum absolute atomic E-state index is 12.3. The van der Waals surface area contributed by atoms with Crippen molar-refractivity contribution in [3.63, 3.8) is 0 Å². The summed E-state index contributed by atoms with van der Waals surface area (Å²) in [6, 6.07) is 5.17. The lowest BCUT2D eigenvalue weighted by Gasteiger charge is -2.19. The van der Waals surface area contributed by atoms with Crippen molar-refractivity contribution in [3.8, 4) is 5.75 Å². The van der Waals surface area contributed by atoms with Crippen LogP contribution in [0, 0.1) is 5.92 Å². The van der Waals surface area contributed by atoms with Crippen LogP contribution in [0.4, 0.5) is 0 Å². The van der Waals surface area contributed by atoms with Crippen LogP contribution in [0.1, 0.15) is 29.6 Å². The van der Waals surface area contributed by atoms with E-state index in [0.29, 0.717) is 28.1 Å². The lowest BCUT2D eigenvalue weighted by Crippen LogP contribution is -2.38. The Morgan fingerprint density at radius 1 is 1.47 bits per heavy atom. The number of rotatable bonds is 4. The van der Waals surface area contributed by atoms with E-state index in [1.165, 1.54) is 7.11 Å². The van der Waals surface area contributed by atoms with Gasteiger partial charge in [-0.25, -0.2) is 0 Å². The first-order chi connectivity index (χ1) is 9.15. The molecule has 1 fully saturated rings. The van der Waals surface area contributed by atoms with Crippen LogP contribution in [-0.4, -0.2) is 24.9 Å². The van der Waals surface area contributed by atoms with E-state index in [0.717, 1.165) is 19.3 Å². The van der Waals surface area contributed by atoms with Crippen LogP contribution >= 0.6 is 23.2 Å². The number of halogens is 2. The molecule has 2 unspecified atom stereocenters. The topological polar surface area (TPSA) is 38.3 Å². The van der Waals surface area contributed by atoms with E-state index in [1.54, 1.807) is 18.2 Å². The summed E-state index contributed by atoms with van der Waals surface area (Å²) in [5.41, 5.74) is 0.507. The second-order valence-electron chi connectivity index (χ2n) is 4.77. The molecule has 1 N–H and O–H groups in total. The molecule has 0 saturated heterocycles. The zero-order chi connectivity index (χ0) is 13.8. The van der Waals surface area contributed by atoms with E-state index in [2.05, 4.69) is 5.32 Å². The van der Waals surface area contributed by atoms with Crippen LogP contribution in [-0.2, 0) is 0 Å². The van der Waals surface area contributed by atoms with Crippen molar-refractivity contribution in [2.24, 2.45) is 5.92 Å². The van der Waals surface area contributed by atoms with Crippen LogP contribution < -0.4 is 10.1 Å². The Kier molecular flexibility index (Phi) is 4.94.